The van der Waals surface area contributed by atoms with Gasteiger partial charge in [-0.1, -0.05) is 5.16 Å². The van der Waals surface area contributed by atoms with E-state index in [0.717, 1.165) is 5.71 Å². The third kappa shape index (κ3) is 0.718. The molecule has 0 bridgehead atoms. The van der Waals surface area contributed by atoms with Crippen molar-refractivity contribution in [1.82, 2.24) is 5.48 Å². The van der Waals surface area contributed by atoms with E-state index < -0.39 is 0 Å². The Labute approximate surface area is 42.3 Å². The molecule has 3 heteroatoms. The van der Waals surface area contributed by atoms with Gasteiger partial charge in [-0.2, -0.15) is 0 Å². The first-order valence-electron chi connectivity index (χ1n) is 2.27. The monoisotopic (exact) mass is 100 g/mol. The van der Waals surface area contributed by atoms with Crippen molar-refractivity contribution in [1.29, 1.82) is 0 Å². The highest BCUT2D eigenvalue weighted by molar-refractivity contribution is 5.86. The highest BCUT2D eigenvalue weighted by Crippen LogP contribution is 1.94. The fourth-order valence-corrected chi connectivity index (χ4v) is 0.342. The van der Waals surface area contributed by atoms with Crippen LogP contribution in [0.5, 0.6) is 0 Å². The number of nitrogens with zero attached hydrogens (tertiary/aromatic N) is 1. The summed E-state index contributed by atoms with van der Waals surface area (Å²) in [6.07, 6.45) is 0. The molecule has 1 rings (SSSR count). The molecule has 1 unspecified atom stereocenters. The van der Waals surface area contributed by atoms with E-state index in [4.69, 9.17) is 0 Å². The van der Waals surface area contributed by atoms with Gasteiger partial charge < -0.3 is 0 Å². The summed E-state index contributed by atoms with van der Waals surface area (Å²) in [5.74, 6) is 0. The van der Waals surface area contributed by atoms with Crippen molar-refractivity contribution in [3.8, 4) is 0 Å². The van der Waals surface area contributed by atoms with Crippen molar-refractivity contribution in [2.75, 3.05) is 0 Å². The van der Waals surface area contributed by atoms with Crippen LogP contribution in [0.1, 0.15) is 13.8 Å². The van der Waals surface area contributed by atoms with Gasteiger partial charge in [-0.25, -0.2) is 0 Å². The van der Waals surface area contributed by atoms with E-state index in [1.807, 2.05) is 13.8 Å². The molecule has 1 N–H and O–H groups in total. The lowest BCUT2D eigenvalue weighted by Gasteiger charge is -1.94. The summed E-state index contributed by atoms with van der Waals surface area (Å²) in [4.78, 5) is 4.51. The van der Waals surface area contributed by atoms with E-state index in [1.165, 1.54) is 0 Å². The summed E-state index contributed by atoms with van der Waals surface area (Å²) in [6.45, 7) is 3.91. The highest BCUT2D eigenvalue weighted by Gasteiger charge is 2.10. The zero-order valence-corrected chi connectivity index (χ0v) is 4.43. The van der Waals surface area contributed by atoms with Gasteiger partial charge in [0.1, 0.15) is 0 Å². The third-order valence-corrected chi connectivity index (χ3v) is 1.05. The lowest BCUT2D eigenvalue weighted by molar-refractivity contribution is 0.0629. The SMILES string of the molecule is CC1=NONC1C. The zero-order valence-electron chi connectivity index (χ0n) is 4.43. The van der Waals surface area contributed by atoms with Crippen LogP contribution in [0.4, 0.5) is 0 Å². The second-order valence-electron chi connectivity index (χ2n) is 1.66. The molecule has 3 nitrogen and oxygen atoms in total. The molecule has 1 aliphatic rings. The number of oxime groups is 1. The Bertz CT molecular complexity index is 99.9. The Morgan fingerprint density at radius 3 is 2.71 bits per heavy atom. The van der Waals surface area contributed by atoms with Crippen molar-refractivity contribution in [3.63, 3.8) is 0 Å². The minimum absolute atomic E-state index is 0.292. The molecule has 0 saturated heterocycles. The van der Waals surface area contributed by atoms with Gasteiger partial charge in [-0.05, 0) is 13.8 Å². The van der Waals surface area contributed by atoms with Gasteiger partial charge >= 0.3 is 0 Å². The first-order chi connectivity index (χ1) is 3.30. The summed E-state index contributed by atoms with van der Waals surface area (Å²) in [7, 11) is 0. The van der Waals surface area contributed by atoms with Crippen LogP contribution in [0.3, 0.4) is 0 Å². The van der Waals surface area contributed by atoms with Crippen molar-refractivity contribution in [2.24, 2.45) is 5.16 Å². The van der Waals surface area contributed by atoms with Crippen LogP contribution >= 0.6 is 0 Å². The van der Waals surface area contributed by atoms with Crippen LogP contribution in [-0.2, 0) is 4.94 Å². The van der Waals surface area contributed by atoms with Crippen LogP contribution in [-0.4, -0.2) is 11.8 Å². The Hall–Kier alpha value is -0.570. The average molecular weight is 100 g/mol. The molecule has 0 saturated carbocycles. The summed E-state index contributed by atoms with van der Waals surface area (Å²) in [5, 5.41) is 3.62. The van der Waals surface area contributed by atoms with E-state index >= 15 is 0 Å². The van der Waals surface area contributed by atoms with Crippen LogP contribution in [0.15, 0.2) is 5.16 Å². The van der Waals surface area contributed by atoms with Gasteiger partial charge in [0.2, 0.25) is 0 Å². The van der Waals surface area contributed by atoms with E-state index in [9.17, 15) is 0 Å². The predicted molar refractivity (Wildman–Crippen MR) is 26.8 cm³/mol. The Kier molecular flexibility index (Phi) is 0.982. The molecule has 0 aliphatic carbocycles. The van der Waals surface area contributed by atoms with Gasteiger partial charge in [0, 0.05) is 0 Å². The number of hydroxylamine groups is 1. The van der Waals surface area contributed by atoms with E-state index in [0.29, 0.717) is 6.04 Å². The van der Waals surface area contributed by atoms with Crippen molar-refractivity contribution in [2.45, 2.75) is 19.9 Å². The van der Waals surface area contributed by atoms with Crippen molar-refractivity contribution in [3.05, 3.63) is 0 Å². The molecule has 0 spiro atoms. The number of hydrogen-bond donors (Lipinski definition) is 1. The molecule has 0 fully saturated rings. The van der Waals surface area contributed by atoms with E-state index in [1.54, 1.807) is 0 Å². The molecule has 1 atom stereocenters. The van der Waals surface area contributed by atoms with Gasteiger partial charge in [-0.3, -0.25) is 4.94 Å². The summed E-state index contributed by atoms with van der Waals surface area (Å²) >= 11 is 0. The summed E-state index contributed by atoms with van der Waals surface area (Å²) in [5.41, 5.74) is 3.67. The lowest BCUT2D eigenvalue weighted by Crippen LogP contribution is -2.23. The molecular weight excluding hydrogens is 92.1 g/mol. The fourth-order valence-electron chi connectivity index (χ4n) is 0.342. The van der Waals surface area contributed by atoms with Crippen LogP contribution in [0.2, 0.25) is 0 Å². The average Bonchev–Trinajstić information content (AvgIpc) is 1.91. The fraction of sp³-hybridized carbons (Fsp3) is 0.750. The maximum Gasteiger partial charge on any atom is 0.0838 e. The molecule has 1 heterocycles. The minimum atomic E-state index is 0.292. The van der Waals surface area contributed by atoms with Crippen LogP contribution in [0, 0.1) is 0 Å². The third-order valence-electron chi connectivity index (χ3n) is 1.05. The Balaban J connectivity index is 2.54. The number of hydrogen-bond acceptors (Lipinski definition) is 3. The lowest BCUT2D eigenvalue weighted by atomic mass is 10.2. The van der Waals surface area contributed by atoms with E-state index in [2.05, 4.69) is 15.6 Å². The molecule has 0 amide bonds. The topological polar surface area (TPSA) is 33.6 Å². The molecule has 0 aromatic carbocycles. The quantitative estimate of drug-likeness (QED) is 0.474. The molecule has 7 heavy (non-hydrogen) atoms. The normalized spacial score (nSPS) is 29.4. The molecule has 0 radical (unpaired) electrons. The Morgan fingerprint density at radius 2 is 2.57 bits per heavy atom. The van der Waals surface area contributed by atoms with Gasteiger partial charge in [0.15, 0.2) is 0 Å². The first kappa shape index (κ1) is 4.59. The summed E-state index contributed by atoms with van der Waals surface area (Å²) < 4.78 is 0. The molecule has 0 aromatic heterocycles. The van der Waals surface area contributed by atoms with E-state index in [-0.39, 0.29) is 0 Å². The molecular formula is C4H8N2O. The molecule has 0 aromatic rings. The smallest absolute Gasteiger partial charge is 0.0838 e. The number of nitrogens with one attached hydrogen (secondary N) is 1. The highest BCUT2D eigenvalue weighted by atomic mass is 16.8. The van der Waals surface area contributed by atoms with Crippen molar-refractivity contribution >= 4 is 5.71 Å². The Morgan fingerprint density at radius 1 is 1.86 bits per heavy atom. The van der Waals surface area contributed by atoms with Crippen LogP contribution in [0.25, 0.3) is 0 Å². The maximum atomic E-state index is 4.51. The second-order valence-corrected chi connectivity index (χ2v) is 1.66. The first-order valence-corrected chi connectivity index (χ1v) is 2.27. The van der Waals surface area contributed by atoms with Crippen LogP contribution < -0.4 is 5.48 Å². The van der Waals surface area contributed by atoms with Crippen molar-refractivity contribution < 1.29 is 4.94 Å². The summed E-state index contributed by atoms with van der Waals surface area (Å²) in [6, 6.07) is 0.292. The largest absolute Gasteiger partial charge is 0.299 e. The predicted octanol–water partition coefficient (Wildman–Crippen LogP) is 0.286. The maximum absolute atomic E-state index is 4.51. The van der Waals surface area contributed by atoms with Gasteiger partial charge in [0.05, 0.1) is 11.8 Å². The number of rotatable bonds is 0. The van der Waals surface area contributed by atoms with Gasteiger partial charge in [0.25, 0.3) is 0 Å². The second kappa shape index (κ2) is 1.50. The molecule has 1 aliphatic heterocycles. The molecule has 40 valence electrons. The standard InChI is InChI=1S/C4H8N2O/c1-3-4(2)6-7-5-3/h3,5H,1-2H3. The zero-order chi connectivity index (χ0) is 5.28. The van der Waals surface area contributed by atoms with Gasteiger partial charge in [-0.15, -0.1) is 5.48 Å². The minimum Gasteiger partial charge on any atom is -0.299 e.